The second-order valence-electron chi connectivity index (χ2n) is 5.52. The maximum atomic E-state index is 11.4. The lowest BCUT2D eigenvalue weighted by molar-refractivity contribution is -0.190. The third kappa shape index (κ3) is 3.11. The molecule has 0 bridgehead atoms. The van der Waals surface area contributed by atoms with Crippen molar-refractivity contribution in [2.45, 2.75) is 30.1 Å². The van der Waals surface area contributed by atoms with Crippen molar-refractivity contribution in [2.24, 2.45) is 0 Å². The monoisotopic (exact) mass is 295 g/mol. The van der Waals surface area contributed by atoms with Crippen molar-refractivity contribution in [1.82, 2.24) is 4.90 Å². The van der Waals surface area contributed by atoms with E-state index in [4.69, 9.17) is 9.47 Å². The summed E-state index contributed by atoms with van der Waals surface area (Å²) in [7, 11) is -0.905. The first-order valence-corrected chi connectivity index (χ1v) is 8.65. The highest BCUT2D eigenvalue weighted by Crippen LogP contribution is 2.30. The molecule has 0 aliphatic carbocycles. The number of benzene rings is 1. The molecular formula is C15H21NO3S. The zero-order valence-corrected chi connectivity index (χ0v) is 12.7. The normalized spacial score (nSPS) is 24.1. The van der Waals surface area contributed by atoms with E-state index in [1.807, 2.05) is 12.1 Å². The molecule has 0 aromatic heterocycles. The highest BCUT2D eigenvalue weighted by molar-refractivity contribution is 7.84. The van der Waals surface area contributed by atoms with Crippen LogP contribution in [0, 0.1) is 0 Å². The Kier molecular flexibility index (Phi) is 4.21. The van der Waals surface area contributed by atoms with Gasteiger partial charge >= 0.3 is 0 Å². The van der Waals surface area contributed by atoms with Gasteiger partial charge in [-0.05, 0) is 30.7 Å². The molecule has 0 N–H and O–H groups in total. The van der Waals surface area contributed by atoms with Crippen molar-refractivity contribution in [1.29, 1.82) is 0 Å². The number of hydrogen-bond donors (Lipinski definition) is 0. The number of likely N-dealkylation sites (tertiary alicyclic amines) is 1. The zero-order valence-electron chi connectivity index (χ0n) is 11.8. The van der Waals surface area contributed by atoms with Crippen LogP contribution < -0.4 is 0 Å². The van der Waals surface area contributed by atoms with Gasteiger partial charge in [0.2, 0.25) is 0 Å². The van der Waals surface area contributed by atoms with Gasteiger partial charge in [0.05, 0.1) is 19.8 Å². The van der Waals surface area contributed by atoms with E-state index in [-0.39, 0.29) is 5.79 Å². The Morgan fingerprint density at radius 1 is 1.25 bits per heavy atom. The van der Waals surface area contributed by atoms with Crippen molar-refractivity contribution < 1.29 is 13.7 Å². The summed E-state index contributed by atoms with van der Waals surface area (Å²) in [6, 6.07) is 8.03. The summed E-state index contributed by atoms with van der Waals surface area (Å²) in [5.41, 5.74) is 1.24. The summed E-state index contributed by atoms with van der Waals surface area (Å²) in [4.78, 5) is 3.26. The van der Waals surface area contributed by atoms with E-state index in [0.29, 0.717) is 13.2 Å². The quantitative estimate of drug-likeness (QED) is 0.852. The fourth-order valence-electron chi connectivity index (χ4n) is 2.98. The molecule has 1 aromatic carbocycles. The number of hydrogen-bond acceptors (Lipinski definition) is 4. The lowest BCUT2D eigenvalue weighted by Gasteiger charge is -2.38. The Balaban J connectivity index is 1.63. The van der Waals surface area contributed by atoms with Gasteiger partial charge in [-0.2, -0.15) is 0 Å². The molecule has 2 aliphatic heterocycles. The lowest BCUT2D eigenvalue weighted by atomic mass is 10.0. The fraction of sp³-hybridized carbons (Fsp3) is 0.600. The topological polar surface area (TPSA) is 38.8 Å². The third-order valence-electron chi connectivity index (χ3n) is 3.97. The average Bonchev–Trinajstić information content (AvgIpc) is 2.87. The van der Waals surface area contributed by atoms with E-state index < -0.39 is 10.8 Å². The molecular weight excluding hydrogens is 274 g/mol. The van der Waals surface area contributed by atoms with Crippen molar-refractivity contribution in [3.8, 4) is 0 Å². The van der Waals surface area contributed by atoms with Crippen LogP contribution in [0.15, 0.2) is 29.2 Å². The first-order chi connectivity index (χ1) is 9.67. The summed E-state index contributed by atoms with van der Waals surface area (Å²) < 4.78 is 23.0. The van der Waals surface area contributed by atoms with Gasteiger partial charge in [-0.25, -0.2) is 0 Å². The molecule has 1 spiro atoms. The minimum atomic E-state index is -0.905. The van der Waals surface area contributed by atoms with Crippen molar-refractivity contribution >= 4 is 10.8 Å². The summed E-state index contributed by atoms with van der Waals surface area (Å²) >= 11 is 0. The van der Waals surface area contributed by atoms with Gasteiger partial charge in [0.25, 0.3) is 0 Å². The Hall–Kier alpha value is -0.750. The highest BCUT2D eigenvalue weighted by atomic mass is 32.2. The molecule has 20 heavy (non-hydrogen) atoms. The Labute approximate surface area is 122 Å². The van der Waals surface area contributed by atoms with Crippen LogP contribution in [0.3, 0.4) is 0 Å². The fourth-order valence-corrected chi connectivity index (χ4v) is 3.50. The Bertz CT molecular complexity index is 482. The van der Waals surface area contributed by atoms with Crippen LogP contribution in [0.25, 0.3) is 0 Å². The molecule has 5 heteroatoms. The van der Waals surface area contributed by atoms with Gasteiger partial charge in [0, 0.05) is 34.9 Å². The van der Waals surface area contributed by atoms with E-state index in [0.717, 1.165) is 37.4 Å². The molecule has 2 saturated heterocycles. The van der Waals surface area contributed by atoms with Crippen LogP contribution >= 0.6 is 0 Å². The molecule has 1 atom stereocenters. The number of piperidine rings is 1. The molecule has 2 fully saturated rings. The third-order valence-corrected chi connectivity index (χ3v) is 4.91. The van der Waals surface area contributed by atoms with Crippen molar-refractivity contribution in [2.75, 3.05) is 32.6 Å². The highest BCUT2D eigenvalue weighted by Gasteiger charge is 2.40. The minimum Gasteiger partial charge on any atom is -0.346 e. The average molecular weight is 295 g/mol. The Morgan fingerprint density at radius 3 is 2.60 bits per heavy atom. The molecule has 0 radical (unpaired) electrons. The van der Waals surface area contributed by atoms with E-state index in [1.54, 1.807) is 6.26 Å². The van der Waals surface area contributed by atoms with Crippen LogP contribution in [0.5, 0.6) is 0 Å². The Morgan fingerprint density at radius 2 is 1.95 bits per heavy atom. The molecule has 2 aliphatic rings. The minimum absolute atomic E-state index is 0.358. The molecule has 0 unspecified atom stereocenters. The number of rotatable bonds is 3. The van der Waals surface area contributed by atoms with Gasteiger partial charge < -0.3 is 9.47 Å². The maximum Gasteiger partial charge on any atom is 0.181 e. The van der Waals surface area contributed by atoms with Gasteiger partial charge in [0.1, 0.15) is 0 Å². The van der Waals surface area contributed by atoms with Crippen molar-refractivity contribution in [3.05, 3.63) is 29.8 Å². The van der Waals surface area contributed by atoms with E-state index >= 15 is 0 Å². The van der Waals surface area contributed by atoms with Crippen LogP contribution in [-0.2, 0) is 26.8 Å². The van der Waals surface area contributed by atoms with E-state index in [9.17, 15) is 4.21 Å². The maximum absolute atomic E-state index is 11.4. The molecule has 0 amide bonds. The largest absolute Gasteiger partial charge is 0.346 e. The molecule has 0 saturated carbocycles. The first-order valence-electron chi connectivity index (χ1n) is 7.10. The lowest BCUT2D eigenvalue weighted by Crippen LogP contribution is -2.48. The van der Waals surface area contributed by atoms with Gasteiger partial charge in [-0.3, -0.25) is 9.11 Å². The SMILES string of the molecule is C[S@@](=O)c1ccc(CN2CCCC3(C2)OCCO3)cc1. The molecule has 3 rings (SSSR count). The predicted octanol–water partition coefficient (Wildman–Crippen LogP) is 1.76. The molecule has 110 valence electrons. The van der Waals surface area contributed by atoms with Crippen molar-refractivity contribution in [3.63, 3.8) is 0 Å². The summed E-state index contributed by atoms with van der Waals surface area (Å²) in [6.07, 6.45) is 3.81. The molecule has 1 aromatic rings. The smallest absolute Gasteiger partial charge is 0.181 e. The summed E-state index contributed by atoms with van der Waals surface area (Å²) in [5.74, 6) is -0.358. The van der Waals surface area contributed by atoms with Gasteiger partial charge in [-0.15, -0.1) is 0 Å². The van der Waals surface area contributed by atoms with Crippen LogP contribution in [0.2, 0.25) is 0 Å². The second-order valence-corrected chi connectivity index (χ2v) is 6.90. The van der Waals surface area contributed by atoms with Crippen LogP contribution in [0.1, 0.15) is 18.4 Å². The predicted molar refractivity (Wildman–Crippen MR) is 77.9 cm³/mol. The zero-order chi connectivity index (χ0) is 14.0. The standard InChI is InChI=1S/C15H21NO3S/c1-20(17)14-5-3-13(4-6-14)11-16-8-2-7-15(12-16)18-9-10-19-15/h3-6H,2,7-12H2,1H3/t20-/m1/s1. The van der Waals surface area contributed by atoms with Crippen LogP contribution in [-0.4, -0.2) is 47.5 Å². The van der Waals surface area contributed by atoms with Gasteiger partial charge in [-0.1, -0.05) is 12.1 Å². The summed E-state index contributed by atoms with van der Waals surface area (Å²) in [5, 5.41) is 0. The molecule has 4 nitrogen and oxygen atoms in total. The van der Waals surface area contributed by atoms with E-state index in [2.05, 4.69) is 17.0 Å². The van der Waals surface area contributed by atoms with E-state index in [1.165, 1.54) is 5.56 Å². The second kappa shape index (κ2) is 5.93. The number of ether oxygens (including phenoxy) is 2. The van der Waals surface area contributed by atoms with Crippen LogP contribution in [0.4, 0.5) is 0 Å². The molecule has 2 heterocycles. The van der Waals surface area contributed by atoms with Gasteiger partial charge in [0.15, 0.2) is 5.79 Å². The first kappa shape index (κ1) is 14.2. The summed E-state index contributed by atoms with van der Waals surface area (Å²) in [6.45, 7) is 4.24. The number of nitrogens with zero attached hydrogens (tertiary/aromatic N) is 1.